The van der Waals surface area contributed by atoms with E-state index in [9.17, 15) is 0 Å². The molecule has 2 nitrogen and oxygen atoms in total. The minimum Gasteiger partial charge on any atom is -0.330 e. The lowest BCUT2D eigenvalue weighted by Gasteiger charge is -2.28. The molecular weight excluding hydrogens is 184 g/mol. The lowest BCUT2D eigenvalue weighted by molar-refractivity contribution is 0.184. The van der Waals surface area contributed by atoms with Crippen LogP contribution in [-0.4, -0.2) is 30.1 Å². The topological polar surface area (TPSA) is 29.3 Å². The van der Waals surface area contributed by atoms with Gasteiger partial charge >= 0.3 is 0 Å². The van der Waals surface area contributed by atoms with E-state index in [1.54, 1.807) is 0 Å². The Bertz CT molecular complexity index is 205. The molecule has 2 heteroatoms. The molecule has 0 amide bonds. The van der Waals surface area contributed by atoms with Gasteiger partial charge in [0.1, 0.15) is 0 Å². The third-order valence-corrected chi connectivity index (χ3v) is 4.60. The Kier molecular flexibility index (Phi) is 3.68. The van der Waals surface area contributed by atoms with Crippen LogP contribution in [0.4, 0.5) is 0 Å². The largest absolute Gasteiger partial charge is 0.330 e. The number of nitrogens with zero attached hydrogens (tertiary/aromatic N) is 1. The SMILES string of the molecule is CCC1CCC(N2CC(CN)CC2C)C1. The van der Waals surface area contributed by atoms with Gasteiger partial charge in [-0.15, -0.1) is 0 Å². The maximum atomic E-state index is 5.78. The van der Waals surface area contributed by atoms with Crippen LogP contribution in [0.1, 0.15) is 46.0 Å². The fourth-order valence-corrected chi connectivity index (χ4v) is 3.57. The first-order valence-electron chi connectivity index (χ1n) is 6.70. The molecule has 1 aliphatic heterocycles. The summed E-state index contributed by atoms with van der Waals surface area (Å²) in [7, 11) is 0. The number of rotatable bonds is 3. The maximum Gasteiger partial charge on any atom is 0.0101 e. The number of hydrogen-bond donors (Lipinski definition) is 1. The maximum absolute atomic E-state index is 5.78. The molecule has 1 heterocycles. The van der Waals surface area contributed by atoms with Gasteiger partial charge in [-0.1, -0.05) is 13.3 Å². The van der Waals surface area contributed by atoms with Crippen molar-refractivity contribution in [2.24, 2.45) is 17.6 Å². The second-order valence-electron chi connectivity index (χ2n) is 5.62. The molecule has 2 aliphatic rings. The van der Waals surface area contributed by atoms with Crippen LogP contribution in [0.5, 0.6) is 0 Å². The van der Waals surface area contributed by atoms with Crippen LogP contribution < -0.4 is 5.73 Å². The summed E-state index contributed by atoms with van der Waals surface area (Å²) >= 11 is 0. The smallest absolute Gasteiger partial charge is 0.0101 e. The molecule has 1 aliphatic carbocycles. The summed E-state index contributed by atoms with van der Waals surface area (Å²) in [5.41, 5.74) is 5.78. The first-order chi connectivity index (χ1) is 7.24. The molecule has 2 rings (SSSR count). The summed E-state index contributed by atoms with van der Waals surface area (Å²) in [6, 6.07) is 1.65. The van der Waals surface area contributed by atoms with Crippen molar-refractivity contribution < 1.29 is 0 Å². The Morgan fingerprint density at radius 3 is 2.53 bits per heavy atom. The van der Waals surface area contributed by atoms with Crippen LogP contribution >= 0.6 is 0 Å². The molecule has 0 radical (unpaired) electrons. The van der Waals surface area contributed by atoms with Gasteiger partial charge in [-0.2, -0.15) is 0 Å². The number of nitrogens with two attached hydrogens (primary N) is 1. The molecule has 0 spiro atoms. The molecule has 0 aromatic rings. The average molecular weight is 210 g/mol. The quantitative estimate of drug-likeness (QED) is 0.774. The van der Waals surface area contributed by atoms with Gasteiger partial charge in [-0.05, 0) is 51.0 Å². The lowest BCUT2D eigenvalue weighted by Crippen LogP contribution is -2.36. The van der Waals surface area contributed by atoms with Gasteiger partial charge in [0.25, 0.3) is 0 Å². The predicted molar refractivity (Wildman–Crippen MR) is 64.7 cm³/mol. The summed E-state index contributed by atoms with van der Waals surface area (Å²) in [5, 5.41) is 0. The van der Waals surface area contributed by atoms with E-state index in [0.29, 0.717) is 0 Å². The van der Waals surface area contributed by atoms with Gasteiger partial charge in [0.05, 0.1) is 0 Å². The normalized spacial score (nSPS) is 42.6. The van der Waals surface area contributed by atoms with E-state index in [-0.39, 0.29) is 0 Å². The van der Waals surface area contributed by atoms with E-state index in [0.717, 1.165) is 30.5 Å². The molecule has 88 valence electrons. The molecule has 15 heavy (non-hydrogen) atoms. The molecule has 1 saturated heterocycles. The van der Waals surface area contributed by atoms with Crippen molar-refractivity contribution in [3.8, 4) is 0 Å². The van der Waals surface area contributed by atoms with Gasteiger partial charge in [-0.25, -0.2) is 0 Å². The van der Waals surface area contributed by atoms with Crippen molar-refractivity contribution in [3.05, 3.63) is 0 Å². The van der Waals surface area contributed by atoms with E-state index < -0.39 is 0 Å². The van der Waals surface area contributed by atoms with Crippen molar-refractivity contribution in [2.45, 2.75) is 58.0 Å². The second kappa shape index (κ2) is 4.84. The average Bonchev–Trinajstić information content (AvgIpc) is 2.83. The molecule has 2 N–H and O–H groups in total. The van der Waals surface area contributed by atoms with Gasteiger partial charge in [0.2, 0.25) is 0 Å². The summed E-state index contributed by atoms with van der Waals surface area (Å²) in [6.45, 7) is 6.86. The van der Waals surface area contributed by atoms with Crippen LogP contribution in [0.2, 0.25) is 0 Å². The lowest BCUT2D eigenvalue weighted by atomic mass is 10.1. The monoisotopic (exact) mass is 210 g/mol. The minimum absolute atomic E-state index is 0.765. The molecular formula is C13H26N2. The Morgan fingerprint density at radius 2 is 2.00 bits per heavy atom. The van der Waals surface area contributed by atoms with E-state index in [4.69, 9.17) is 5.73 Å². The van der Waals surface area contributed by atoms with Crippen LogP contribution in [0, 0.1) is 11.8 Å². The standard InChI is InChI=1S/C13H26N2/c1-3-11-4-5-13(7-11)15-9-12(8-14)6-10(15)2/h10-13H,3-9,14H2,1-2H3. The van der Waals surface area contributed by atoms with E-state index >= 15 is 0 Å². The molecule has 4 unspecified atom stereocenters. The molecule has 4 atom stereocenters. The zero-order valence-electron chi connectivity index (χ0n) is 10.3. The Hall–Kier alpha value is -0.0800. The Labute approximate surface area is 94.2 Å². The molecule has 0 aromatic heterocycles. The van der Waals surface area contributed by atoms with Gasteiger partial charge in [0.15, 0.2) is 0 Å². The van der Waals surface area contributed by atoms with Gasteiger partial charge in [-0.3, -0.25) is 4.90 Å². The van der Waals surface area contributed by atoms with E-state index in [1.165, 1.54) is 38.6 Å². The van der Waals surface area contributed by atoms with Crippen molar-refractivity contribution >= 4 is 0 Å². The highest BCUT2D eigenvalue weighted by molar-refractivity contribution is 4.91. The molecule has 1 saturated carbocycles. The number of hydrogen-bond acceptors (Lipinski definition) is 2. The van der Waals surface area contributed by atoms with E-state index in [2.05, 4.69) is 18.7 Å². The number of likely N-dealkylation sites (tertiary alicyclic amines) is 1. The van der Waals surface area contributed by atoms with Crippen LogP contribution in [0.15, 0.2) is 0 Å². The summed E-state index contributed by atoms with van der Waals surface area (Å²) < 4.78 is 0. The Morgan fingerprint density at radius 1 is 1.20 bits per heavy atom. The minimum atomic E-state index is 0.765. The van der Waals surface area contributed by atoms with Crippen molar-refractivity contribution in [1.82, 2.24) is 4.90 Å². The van der Waals surface area contributed by atoms with Crippen LogP contribution in [-0.2, 0) is 0 Å². The van der Waals surface area contributed by atoms with E-state index in [1.807, 2.05) is 0 Å². The van der Waals surface area contributed by atoms with Crippen molar-refractivity contribution in [3.63, 3.8) is 0 Å². The van der Waals surface area contributed by atoms with Gasteiger partial charge < -0.3 is 5.73 Å². The molecule has 2 fully saturated rings. The second-order valence-corrected chi connectivity index (χ2v) is 5.62. The van der Waals surface area contributed by atoms with Crippen molar-refractivity contribution in [1.29, 1.82) is 0 Å². The van der Waals surface area contributed by atoms with Crippen LogP contribution in [0.25, 0.3) is 0 Å². The zero-order chi connectivity index (χ0) is 10.8. The third-order valence-electron chi connectivity index (χ3n) is 4.60. The van der Waals surface area contributed by atoms with Gasteiger partial charge in [0, 0.05) is 18.6 Å². The predicted octanol–water partition coefficient (Wildman–Crippen LogP) is 2.23. The summed E-state index contributed by atoms with van der Waals surface area (Å²) in [5.74, 6) is 1.76. The first kappa shape index (κ1) is 11.4. The highest BCUT2D eigenvalue weighted by Gasteiger charge is 2.36. The molecule has 0 bridgehead atoms. The highest BCUT2D eigenvalue weighted by Crippen LogP contribution is 2.36. The fourth-order valence-electron chi connectivity index (χ4n) is 3.57. The fraction of sp³-hybridized carbons (Fsp3) is 1.00. The summed E-state index contributed by atoms with van der Waals surface area (Å²) in [4.78, 5) is 2.74. The summed E-state index contributed by atoms with van der Waals surface area (Å²) in [6.07, 6.45) is 7.03. The van der Waals surface area contributed by atoms with Crippen LogP contribution in [0.3, 0.4) is 0 Å². The first-order valence-corrected chi connectivity index (χ1v) is 6.70. The highest BCUT2D eigenvalue weighted by atomic mass is 15.2. The van der Waals surface area contributed by atoms with Crippen molar-refractivity contribution in [2.75, 3.05) is 13.1 Å². The molecule has 0 aromatic carbocycles. The third kappa shape index (κ3) is 2.36. The zero-order valence-corrected chi connectivity index (χ0v) is 10.3. The Balaban J connectivity index is 1.89.